The van der Waals surface area contributed by atoms with Gasteiger partial charge in [-0.2, -0.15) is 0 Å². The van der Waals surface area contributed by atoms with Crippen LogP contribution in [0.4, 0.5) is 0 Å². The molecule has 2 heterocycles. The van der Waals surface area contributed by atoms with Crippen molar-refractivity contribution in [1.29, 1.82) is 0 Å². The molecule has 0 fully saturated rings. The fraction of sp³-hybridized carbons (Fsp3) is 0.250. The van der Waals surface area contributed by atoms with Crippen molar-refractivity contribution in [1.82, 2.24) is 9.88 Å². The van der Waals surface area contributed by atoms with E-state index >= 15 is 0 Å². The van der Waals surface area contributed by atoms with Gasteiger partial charge in [-0.25, -0.2) is 0 Å². The van der Waals surface area contributed by atoms with Gasteiger partial charge in [-0.1, -0.05) is 24.3 Å². The number of benzene rings is 2. The molecule has 1 aromatic heterocycles. The van der Waals surface area contributed by atoms with Crippen LogP contribution in [0.5, 0.6) is 5.75 Å². The number of hydrogen-bond donors (Lipinski definition) is 1. The highest BCUT2D eigenvalue weighted by Gasteiger charge is 2.26. The number of carbonyl (C=O) groups is 1. The fourth-order valence-electron chi connectivity index (χ4n) is 3.72. The summed E-state index contributed by atoms with van der Waals surface area (Å²) in [6, 6.07) is 12.9. The molecule has 2 aromatic carbocycles. The smallest absolute Gasteiger partial charge is 0.216 e. The summed E-state index contributed by atoms with van der Waals surface area (Å²) in [5.74, 6) is 0.902. The zero-order valence-electron chi connectivity index (χ0n) is 14.2. The third kappa shape index (κ3) is 2.70. The van der Waals surface area contributed by atoms with Crippen LogP contribution >= 0.6 is 22.6 Å². The molecular formula is C20H19IN2O2. The van der Waals surface area contributed by atoms with Gasteiger partial charge in [-0.05, 0) is 52.3 Å². The van der Waals surface area contributed by atoms with Gasteiger partial charge >= 0.3 is 0 Å². The van der Waals surface area contributed by atoms with Crippen molar-refractivity contribution in [3.63, 3.8) is 0 Å². The first kappa shape index (κ1) is 16.4. The molecule has 0 atom stereocenters. The van der Waals surface area contributed by atoms with E-state index in [0.29, 0.717) is 6.54 Å². The SMILES string of the molecule is COc1cc2c(CCNC(C)=O)c3n(c2cc1I)Cc1ccccc1-3. The summed E-state index contributed by atoms with van der Waals surface area (Å²) < 4.78 is 9.04. The number of rotatable bonds is 4. The number of amides is 1. The normalized spacial score (nSPS) is 12.1. The minimum Gasteiger partial charge on any atom is -0.496 e. The standard InChI is InChI=1S/C20H19IN2O2/c1-12(24)22-8-7-15-16-9-19(25-2)17(21)10-18(16)23-11-13-5-3-4-6-14(13)20(15)23/h3-6,9-10H,7-8,11H2,1-2H3,(H,22,24). The van der Waals surface area contributed by atoms with Crippen LogP contribution in [-0.2, 0) is 17.8 Å². The van der Waals surface area contributed by atoms with Crippen LogP contribution in [0.3, 0.4) is 0 Å². The zero-order chi connectivity index (χ0) is 17.6. The van der Waals surface area contributed by atoms with Gasteiger partial charge in [0.2, 0.25) is 5.91 Å². The van der Waals surface area contributed by atoms with E-state index in [9.17, 15) is 4.79 Å². The highest BCUT2D eigenvalue weighted by molar-refractivity contribution is 14.1. The molecule has 1 aliphatic rings. The van der Waals surface area contributed by atoms with Crippen molar-refractivity contribution in [3.05, 3.63) is 51.1 Å². The lowest BCUT2D eigenvalue weighted by atomic mass is 10.00. The molecule has 0 saturated carbocycles. The molecule has 1 amide bonds. The van der Waals surface area contributed by atoms with Crippen LogP contribution in [0.1, 0.15) is 18.1 Å². The van der Waals surface area contributed by atoms with Gasteiger partial charge in [-0.15, -0.1) is 0 Å². The highest BCUT2D eigenvalue weighted by atomic mass is 127. The van der Waals surface area contributed by atoms with Crippen molar-refractivity contribution in [2.24, 2.45) is 0 Å². The van der Waals surface area contributed by atoms with Gasteiger partial charge in [0.1, 0.15) is 5.75 Å². The van der Waals surface area contributed by atoms with E-state index in [1.807, 2.05) is 0 Å². The van der Waals surface area contributed by atoms with Crippen molar-refractivity contribution >= 4 is 39.4 Å². The van der Waals surface area contributed by atoms with Gasteiger partial charge in [0.15, 0.2) is 0 Å². The largest absolute Gasteiger partial charge is 0.496 e. The van der Waals surface area contributed by atoms with Crippen LogP contribution in [0.15, 0.2) is 36.4 Å². The topological polar surface area (TPSA) is 43.3 Å². The molecule has 0 spiro atoms. The summed E-state index contributed by atoms with van der Waals surface area (Å²) in [7, 11) is 1.71. The molecule has 0 aliphatic carbocycles. The zero-order valence-corrected chi connectivity index (χ0v) is 16.4. The molecule has 0 bridgehead atoms. The van der Waals surface area contributed by atoms with Crippen molar-refractivity contribution in [2.45, 2.75) is 19.9 Å². The fourth-order valence-corrected chi connectivity index (χ4v) is 4.39. The predicted molar refractivity (Wildman–Crippen MR) is 108 cm³/mol. The average molecular weight is 446 g/mol. The Hall–Kier alpha value is -2.02. The summed E-state index contributed by atoms with van der Waals surface area (Å²) >= 11 is 2.32. The second-order valence-corrected chi connectivity index (χ2v) is 7.47. The van der Waals surface area contributed by atoms with E-state index in [2.05, 4.69) is 68.9 Å². The predicted octanol–water partition coefficient (Wildman–Crippen LogP) is 3.96. The monoisotopic (exact) mass is 446 g/mol. The Labute approximate surface area is 160 Å². The molecular weight excluding hydrogens is 427 g/mol. The summed E-state index contributed by atoms with van der Waals surface area (Å²) in [5.41, 5.74) is 6.44. The van der Waals surface area contributed by atoms with E-state index < -0.39 is 0 Å². The van der Waals surface area contributed by atoms with Gasteiger partial charge in [0, 0.05) is 31.0 Å². The number of ether oxygens (including phenoxy) is 1. The summed E-state index contributed by atoms with van der Waals surface area (Å²) in [4.78, 5) is 11.3. The number of hydrogen-bond acceptors (Lipinski definition) is 2. The van der Waals surface area contributed by atoms with Gasteiger partial charge < -0.3 is 14.6 Å². The third-order valence-electron chi connectivity index (χ3n) is 4.79. The number of carbonyl (C=O) groups excluding carboxylic acids is 1. The molecule has 4 nitrogen and oxygen atoms in total. The highest BCUT2D eigenvalue weighted by Crippen LogP contribution is 2.43. The maximum Gasteiger partial charge on any atom is 0.216 e. The second-order valence-electron chi connectivity index (χ2n) is 6.31. The number of halogens is 1. The Balaban J connectivity index is 1.92. The van der Waals surface area contributed by atoms with E-state index in [-0.39, 0.29) is 5.91 Å². The van der Waals surface area contributed by atoms with Crippen LogP contribution in [0.2, 0.25) is 0 Å². The van der Waals surface area contributed by atoms with Gasteiger partial charge in [0.05, 0.1) is 21.9 Å². The summed E-state index contributed by atoms with van der Waals surface area (Å²) in [6.45, 7) is 3.09. The maximum absolute atomic E-state index is 11.3. The first-order valence-corrected chi connectivity index (χ1v) is 9.39. The van der Waals surface area contributed by atoms with Crippen LogP contribution in [-0.4, -0.2) is 24.1 Å². The molecule has 0 saturated heterocycles. The van der Waals surface area contributed by atoms with Crippen LogP contribution in [0.25, 0.3) is 22.2 Å². The molecule has 4 rings (SSSR count). The first-order chi connectivity index (χ1) is 12.1. The van der Waals surface area contributed by atoms with Crippen LogP contribution < -0.4 is 10.1 Å². The maximum atomic E-state index is 11.3. The van der Waals surface area contributed by atoms with Gasteiger partial charge in [-0.3, -0.25) is 4.79 Å². The molecule has 1 N–H and O–H groups in total. The molecule has 5 heteroatoms. The quantitative estimate of drug-likeness (QED) is 0.483. The minimum atomic E-state index is 0.00712. The molecule has 1 aliphatic heterocycles. The molecule has 25 heavy (non-hydrogen) atoms. The summed E-state index contributed by atoms with van der Waals surface area (Å²) in [5, 5.41) is 4.14. The second kappa shape index (κ2) is 6.37. The van der Waals surface area contributed by atoms with Crippen LogP contribution in [0, 0.1) is 3.57 Å². The number of fused-ring (bicyclic) bond motifs is 5. The number of nitrogens with one attached hydrogen (secondary N) is 1. The number of methoxy groups -OCH3 is 1. The lowest BCUT2D eigenvalue weighted by Gasteiger charge is -2.08. The third-order valence-corrected chi connectivity index (χ3v) is 5.63. The van der Waals surface area contributed by atoms with Gasteiger partial charge in [0.25, 0.3) is 0 Å². The van der Waals surface area contributed by atoms with Crippen molar-refractivity contribution in [2.75, 3.05) is 13.7 Å². The Kier molecular flexibility index (Phi) is 4.19. The van der Waals surface area contributed by atoms with Crippen molar-refractivity contribution in [3.8, 4) is 17.0 Å². The lowest BCUT2D eigenvalue weighted by molar-refractivity contribution is -0.118. The molecule has 128 valence electrons. The molecule has 0 unspecified atom stereocenters. The first-order valence-electron chi connectivity index (χ1n) is 8.31. The van der Waals surface area contributed by atoms with E-state index in [4.69, 9.17) is 4.74 Å². The Morgan fingerprint density at radius 3 is 2.88 bits per heavy atom. The van der Waals surface area contributed by atoms with E-state index in [1.54, 1.807) is 14.0 Å². The Morgan fingerprint density at radius 2 is 2.12 bits per heavy atom. The van der Waals surface area contributed by atoms with Crippen molar-refractivity contribution < 1.29 is 9.53 Å². The Bertz CT molecular complexity index is 991. The summed E-state index contributed by atoms with van der Waals surface area (Å²) in [6.07, 6.45) is 0.802. The van der Waals surface area contributed by atoms with E-state index in [0.717, 1.165) is 22.3 Å². The minimum absolute atomic E-state index is 0.00712. The van der Waals surface area contributed by atoms with E-state index in [1.165, 1.54) is 33.3 Å². The lowest BCUT2D eigenvalue weighted by Crippen LogP contribution is -2.22. The number of nitrogens with zero attached hydrogens (tertiary/aromatic N) is 1. The average Bonchev–Trinajstić information content (AvgIpc) is 3.10. The number of aromatic nitrogens is 1. The molecule has 0 radical (unpaired) electrons. The molecule has 3 aromatic rings. The Morgan fingerprint density at radius 1 is 1.32 bits per heavy atom.